The number of ether oxygens (including phenoxy) is 1. The minimum atomic E-state index is -2.78. The van der Waals surface area contributed by atoms with Crippen molar-refractivity contribution in [3.8, 4) is 5.75 Å². The van der Waals surface area contributed by atoms with Crippen molar-refractivity contribution in [3.05, 3.63) is 29.8 Å². The summed E-state index contributed by atoms with van der Waals surface area (Å²) in [5.74, 6) is 0.173. The first kappa shape index (κ1) is 14.2. The topological polar surface area (TPSA) is 41.5 Å². The Bertz CT molecular complexity index is 384. The van der Waals surface area contributed by atoms with Gasteiger partial charge in [0.2, 0.25) is 0 Å². The van der Waals surface area contributed by atoms with E-state index in [9.17, 15) is 13.9 Å². The summed E-state index contributed by atoms with van der Waals surface area (Å²) in [7, 11) is 0. The van der Waals surface area contributed by atoms with E-state index in [4.69, 9.17) is 0 Å². The number of alkyl halides is 2. The lowest BCUT2D eigenvalue weighted by molar-refractivity contribution is -0.0498. The van der Waals surface area contributed by atoms with E-state index in [2.05, 4.69) is 10.1 Å². The number of halogens is 2. The summed E-state index contributed by atoms with van der Waals surface area (Å²) in [5, 5.41) is 12.9. The molecule has 0 bridgehead atoms. The molecule has 3 nitrogen and oxygen atoms in total. The van der Waals surface area contributed by atoms with Crippen LogP contribution in [-0.4, -0.2) is 23.9 Å². The van der Waals surface area contributed by atoms with Crippen molar-refractivity contribution in [3.63, 3.8) is 0 Å². The lowest BCUT2D eigenvalue weighted by atomic mass is 9.93. The quantitative estimate of drug-likeness (QED) is 0.865. The summed E-state index contributed by atoms with van der Waals surface area (Å²) in [5.41, 5.74) is 1.02. The molecule has 0 spiro atoms. The van der Waals surface area contributed by atoms with Gasteiger partial charge in [0.25, 0.3) is 0 Å². The van der Waals surface area contributed by atoms with Crippen LogP contribution in [0.4, 0.5) is 8.78 Å². The van der Waals surface area contributed by atoms with E-state index in [0.717, 1.165) is 31.2 Å². The Balaban J connectivity index is 1.79. The van der Waals surface area contributed by atoms with Gasteiger partial charge < -0.3 is 15.2 Å². The summed E-state index contributed by atoms with van der Waals surface area (Å²) in [4.78, 5) is 0. The Morgan fingerprint density at radius 2 is 2.00 bits per heavy atom. The molecule has 1 fully saturated rings. The van der Waals surface area contributed by atoms with Gasteiger partial charge in [0, 0.05) is 12.6 Å². The molecule has 1 aliphatic rings. The minimum Gasteiger partial charge on any atom is -0.435 e. The molecule has 19 heavy (non-hydrogen) atoms. The van der Waals surface area contributed by atoms with Crippen LogP contribution in [0, 0.1) is 0 Å². The predicted molar refractivity (Wildman–Crippen MR) is 68.2 cm³/mol. The zero-order chi connectivity index (χ0) is 13.7. The van der Waals surface area contributed by atoms with Crippen LogP contribution >= 0.6 is 0 Å². The number of rotatable bonds is 5. The summed E-state index contributed by atoms with van der Waals surface area (Å²) in [6.07, 6.45) is 3.58. The second-order valence-electron chi connectivity index (χ2n) is 4.92. The second kappa shape index (κ2) is 6.82. The number of nitrogens with one attached hydrogen (secondary N) is 1. The number of hydrogen-bond acceptors (Lipinski definition) is 3. The molecule has 1 saturated carbocycles. The van der Waals surface area contributed by atoms with Gasteiger partial charge in [-0.15, -0.1) is 0 Å². The van der Waals surface area contributed by atoms with Crippen molar-refractivity contribution in [1.82, 2.24) is 5.32 Å². The molecule has 2 unspecified atom stereocenters. The van der Waals surface area contributed by atoms with E-state index in [0.29, 0.717) is 12.6 Å². The molecule has 5 heteroatoms. The van der Waals surface area contributed by atoms with Crippen LogP contribution in [0.2, 0.25) is 0 Å². The molecule has 0 radical (unpaired) electrons. The van der Waals surface area contributed by atoms with Crippen molar-refractivity contribution in [1.29, 1.82) is 0 Å². The van der Waals surface area contributed by atoms with Crippen LogP contribution in [0.1, 0.15) is 31.2 Å². The maximum absolute atomic E-state index is 12.0. The molecule has 0 saturated heterocycles. The summed E-state index contributed by atoms with van der Waals surface area (Å²) >= 11 is 0. The average molecular weight is 271 g/mol. The zero-order valence-electron chi connectivity index (χ0n) is 10.7. The molecule has 1 aromatic rings. The highest BCUT2D eigenvalue weighted by molar-refractivity contribution is 5.27. The summed E-state index contributed by atoms with van der Waals surface area (Å²) in [6, 6.07) is 6.95. The molecule has 1 aromatic carbocycles. The molecule has 0 aromatic heterocycles. The predicted octanol–water partition coefficient (Wildman–Crippen LogP) is 2.68. The van der Waals surface area contributed by atoms with Crippen molar-refractivity contribution < 1.29 is 18.6 Å². The first-order chi connectivity index (χ1) is 9.13. The van der Waals surface area contributed by atoms with E-state index in [-0.39, 0.29) is 11.9 Å². The van der Waals surface area contributed by atoms with Gasteiger partial charge in [0.1, 0.15) is 5.75 Å². The van der Waals surface area contributed by atoms with E-state index in [1.54, 1.807) is 24.3 Å². The van der Waals surface area contributed by atoms with Crippen LogP contribution in [0.5, 0.6) is 5.75 Å². The van der Waals surface area contributed by atoms with Crippen molar-refractivity contribution >= 4 is 0 Å². The maximum atomic E-state index is 12.0. The maximum Gasteiger partial charge on any atom is 0.387 e. The van der Waals surface area contributed by atoms with Gasteiger partial charge >= 0.3 is 6.61 Å². The van der Waals surface area contributed by atoms with Crippen LogP contribution in [-0.2, 0) is 6.54 Å². The molecule has 2 N–H and O–H groups in total. The van der Waals surface area contributed by atoms with Crippen LogP contribution < -0.4 is 10.1 Å². The first-order valence-corrected chi connectivity index (χ1v) is 6.58. The van der Waals surface area contributed by atoms with E-state index in [1.165, 1.54) is 0 Å². The van der Waals surface area contributed by atoms with E-state index >= 15 is 0 Å². The molecule has 0 amide bonds. The smallest absolute Gasteiger partial charge is 0.387 e. The Hall–Kier alpha value is -1.20. The molecule has 0 heterocycles. The van der Waals surface area contributed by atoms with Crippen molar-refractivity contribution in [2.45, 2.75) is 51.0 Å². The Morgan fingerprint density at radius 3 is 2.63 bits per heavy atom. The van der Waals surface area contributed by atoms with Gasteiger partial charge in [-0.25, -0.2) is 0 Å². The lowest BCUT2D eigenvalue weighted by Gasteiger charge is -2.26. The largest absolute Gasteiger partial charge is 0.435 e. The lowest BCUT2D eigenvalue weighted by Crippen LogP contribution is -2.35. The van der Waals surface area contributed by atoms with Gasteiger partial charge in [-0.3, -0.25) is 0 Å². The Labute approximate surface area is 111 Å². The SMILES string of the molecule is OC1CCCC(NCc2ccc(OC(F)F)cc2)C1. The highest BCUT2D eigenvalue weighted by Crippen LogP contribution is 2.19. The Morgan fingerprint density at radius 1 is 1.26 bits per heavy atom. The van der Waals surface area contributed by atoms with Gasteiger partial charge in [-0.05, 0) is 43.4 Å². The molecule has 2 atom stereocenters. The zero-order valence-corrected chi connectivity index (χ0v) is 10.7. The number of hydrogen-bond donors (Lipinski definition) is 2. The van der Waals surface area contributed by atoms with Crippen molar-refractivity contribution in [2.75, 3.05) is 0 Å². The number of benzene rings is 1. The van der Waals surface area contributed by atoms with E-state index < -0.39 is 6.61 Å². The van der Waals surface area contributed by atoms with Gasteiger partial charge in [0.15, 0.2) is 0 Å². The third kappa shape index (κ3) is 4.76. The standard InChI is InChI=1S/C14H19F2NO2/c15-14(16)19-13-6-4-10(5-7-13)9-17-11-2-1-3-12(18)8-11/h4-7,11-12,14,17-18H,1-3,8-9H2. The molecule has 1 aliphatic carbocycles. The fourth-order valence-corrected chi connectivity index (χ4v) is 2.40. The van der Waals surface area contributed by atoms with Gasteiger partial charge in [-0.2, -0.15) is 8.78 Å². The second-order valence-corrected chi connectivity index (χ2v) is 4.92. The normalized spacial score (nSPS) is 23.6. The highest BCUT2D eigenvalue weighted by Gasteiger charge is 2.19. The molecule has 2 rings (SSSR count). The van der Waals surface area contributed by atoms with E-state index in [1.807, 2.05) is 0 Å². The highest BCUT2D eigenvalue weighted by atomic mass is 19.3. The van der Waals surface area contributed by atoms with Crippen molar-refractivity contribution in [2.24, 2.45) is 0 Å². The fourth-order valence-electron chi connectivity index (χ4n) is 2.40. The van der Waals surface area contributed by atoms with Crippen LogP contribution in [0.25, 0.3) is 0 Å². The molecule has 0 aliphatic heterocycles. The van der Waals surface area contributed by atoms with Gasteiger partial charge in [-0.1, -0.05) is 12.1 Å². The molecule has 106 valence electrons. The van der Waals surface area contributed by atoms with Gasteiger partial charge in [0.05, 0.1) is 6.10 Å². The first-order valence-electron chi connectivity index (χ1n) is 6.58. The summed E-state index contributed by atoms with van der Waals surface area (Å²) in [6.45, 7) is -2.11. The van der Waals surface area contributed by atoms with Crippen LogP contribution in [0.15, 0.2) is 24.3 Å². The third-order valence-corrected chi connectivity index (χ3v) is 3.39. The third-order valence-electron chi connectivity index (χ3n) is 3.39. The molecular weight excluding hydrogens is 252 g/mol. The fraction of sp³-hybridized carbons (Fsp3) is 0.571. The number of aliphatic hydroxyl groups excluding tert-OH is 1. The van der Waals surface area contributed by atoms with Crippen LogP contribution in [0.3, 0.4) is 0 Å². The summed E-state index contributed by atoms with van der Waals surface area (Å²) < 4.78 is 28.3. The minimum absolute atomic E-state index is 0.173. The average Bonchev–Trinajstić information content (AvgIpc) is 2.37. The Kier molecular flexibility index (Phi) is 5.10. The number of aliphatic hydroxyl groups is 1. The monoisotopic (exact) mass is 271 g/mol. The molecular formula is C14H19F2NO2.